The number of carboxylic acid groups (broad SMARTS) is 1. The molecule has 1 saturated carbocycles. The Balaban J connectivity index is 0.000000707. The van der Waals surface area contributed by atoms with E-state index >= 15 is 0 Å². The number of carboxylic acids is 1. The highest BCUT2D eigenvalue weighted by Crippen LogP contribution is 2.51. The van der Waals surface area contributed by atoms with Gasteiger partial charge in [0.25, 0.3) is 0 Å². The van der Waals surface area contributed by atoms with Gasteiger partial charge in [-0.3, -0.25) is 4.90 Å². The minimum Gasteiger partial charge on any atom is -0.493 e. The van der Waals surface area contributed by atoms with Crippen LogP contribution < -0.4 is 20.1 Å². The molecule has 2 fully saturated rings. The largest absolute Gasteiger partial charge is 0.493 e. The van der Waals surface area contributed by atoms with Gasteiger partial charge in [-0.15, -0.1) is 0 Å². The van der Waals surface area contributed by atoms with Crippen LogP contribution in [0.4, 0.5) is 45.6 Å². The Morgan fingerprint density at radius 2 is 1.64 bits per heavy atom. The van der Waals surface area contributed by atoms with Crippen LogP contribution >= 0.6 is 0 Å². The monoisotopic (exact) mass is 655 g/mol. The Hall–Kier alpha value is -3.82. The van der Waals surface area contributed by atoms with Crippen molar-refractivity contribution in [2.45, 2.75) is 62.5 Å². The molecule has 3 N–H and O–H groups in total. The highest BCUT2D eigenvalue weighted by atomic mass is 19.4. The number of nitrogens with one attached hydrogen (secondary N) is 2. The average molecular weight is 656 g/mol. The molecule has 1 heterocycles. The summed E-state index contributed by atoms with van der Waals surface area (Å²) in [6.07, 6.45) is -7.06. The van der Waals surface area contributed by atoms with Crippen molar-refractivity contribution in [1.29, 1.82) is 0 Å². The third-order valence-corrected chi connectivity index (χ3v) is 8.15. The molecule has 0 aromatic heterocycles. The summed E-state index contributed by atoms with van der Waals surface area (Å²) >= 11 is 0. The molecule has 1 saturated heterocycles. The molecule has 4 atom stereocenters. The predicted molar refractivity (Wildman–Crippen MR) is 146 cm³/mol. The molecule has 1 unspecified atom stereocenters. The Labute approximate surface area is 253 Å². The van der Waals surface area contributed by atoms with Gasteiger partial charge in [-0.25, -0.2) is 18.4 Å². The van der Waals surface area contributed by atoms with Gasteiger partial charge in [0.15, 0.2) is 23.1 Å². The maximum Gasteiger partial charge on any atom is 0.490 e. The van der Waals surface area contributed by atoms with Gasteiger partial charge in [-0.2, -0.15) is 26.3 Å². The van der Waals surface area contributed by atoms with Crippen LogP contribution in [0.1, 0.15) is 38.2 Å². The van der Waals surface area contributed by atoms with Gasteiger partial charge in [0, 0.05) is 35.8 Å². The van der Waals surface area contributed by atoms with Gasteiger partial charge in [-0.1, -0.05) is 13.0 Å². The number of halogens is 8. The number of nitrogens with zero attached hydrogens (tertiary/aromatic N) is 1. The van der Waals surface area contributed by atoms with Gasteiger partial charge in [0.2, 0.25) is 0 Å². The number of ether oxygens (including phenoxy) is 2. The zero-order valence-electron chi connectivity index (χ0n) is 24.5. The number of benzene rings is 2. The summed E-state index contributed by atoms with van der Waals surface area (Å²) in [5, 5.41) is 12.5. The molecule has 16 heteroatoms. The molecule has 2 amide bonds. The lowest BCUT2D eigenvalue weighted by molar-refractivity contribution is -0.192. The van der Waals surface area contributed by atoms with E-state index in [1.165, 1.54) is 27.2 Å². The van der Waals surface area contributed by atoms with Gasteiger partial charge >= 0.3 is 24.4 Å². The quantitative estimate of drug-likeness (QED) is 0.295. The summed E-state index contributed by atoms with van der Waals surface area (Å²) in [5.41, 5.74) is 0.643. The zero-order chi connectivity index (χ0) is 33.7. The van der Waals surface area contributed by atoms with E-state index in [9.17, 15) is 39.9 Å². The fraction of sp³-hybridized carbons (Fsp3) is 0.517. The van der Waals surface area contributed by atoms with E-state index in [-0.39, 0.29) is 24.3 Å². The first kappa shape index (κ1) is 35.7. The number of hydrogen-bond donors (Lipinski definition) is 3. The number of likely N-dealkylation sites (tertiary alicyclic amines) is 1. The van der Waals surface area contributed by atoms with E-state index in [0.29, 0.717) is 43.7 Å². The van der Waals surface area contributed by atoms with Crippen molar-refractivity contribution in [3.05, 3.63) is 53.6 Å². The fourth-order valence-electron chi connectivity index (χ4n) is 5.86. The van der Waals surface area contributed by atoms with Crippen molar-refractivity contribution in [2.24, 2.45) is 5.92 Å². The second kappa shape index (κ2) is 14.1. The van der Waals surface area contributed by atoms with Gasteiger partial charge in [-0.05, 0) is 62.1 Å². The van der Waals surface area contributed by atoms with Crippen molar-refractivity contribution in [3.8, 4) is 11.5 Å². The Morgan fingerprint density at radius 3 is 2.20 bits per heavy atom. The van der Waals surface area contributed by atoms with E-state index in [2.05, 4.69) is 10.6 Å². The summed E-state index contributed by atoms with van der Waals surface area (Å²) < 4.78 is 110. The van der Waals surface area contributed by atoms with E-state index in [0.717, 1.165) is 17.7 Å². The van der Waals surface area contributed by atoms with Gasteiger partial charge < -0.3 is 25.2 Å². The van der Waals surface area contributed by atoms with Crippen LogP contribution in [0.3, 0.4) is 0 Å². The maximum atomic E-state index is 13.5. The maximum absolute atomic E-state index is 13.5. The highest BCUT2D eigenvalue weighted by Gasteiger charge is 2.53. The fourth-order valence-corrected chi connectivity index (χ4v) is 5.86. The molecule has 1 aliphatic heterocycles. The molecule has 45 heavy (non-hydrogen) atoms. The third-order valence-electron chi connectivity index (χ3n) is 8.15. The first-order valence-corrected chi connectivity index (χ1v) is 13.8. The molecular weight excluding hydrogens is 622 g/mol. The van der Waals surface area contributed by atoms with E-state index in [1.807, 2.05) is 17.0 Å². The van der Waals surface area contributed by atoms with Crippen LogP contribution in [0.15, 0.2) is 36.4 Å². The number of fused-ring (bicyclic) bond motifs is 1. The second-order valence-electron chi connectivity index (χ2n) is 10.9. The van der Waals surface area contributed by atoms with E-state index in [1.54, 1.807) is 6.07 Å². The zero-order valence-corrected chi connectivity index (χ0v) is 24.5. The highest BCUT2D eigenvalue weighted by molar-refractivity contribution is 5.89. The minimum absolute atomic E-state index is 0.0957. The van der Waals surface area contributed by atoms with Crippen LogP contribution in [-0.4, -0.2) is 73.8 Å². The molecule has 2 aromatic rings. The molecule has 4 rings (SSSR count). The van der Waals surface area contributed by atoms with Crippen LogP contribution in [-0.2, 0) is 10.2 Å². The van der Waals surface area contributed by atoms with Crippen molar-refractivity contribution in [3.63, 3.8) is 0 Å². The lowest BCUT2D eigenvalue weighted by atomic mass is 9.65. The number of rotatable bonds is 7. The predicted octanol–water partition coefficient (Wildman–Crippen LogP) is 6.50. The molecule has 1 aliphatic carbocycles. The number of aliphatic carboxylic acids is 1. The number of hydrogen-bond acceptors (Lipinski definition) is 5. The standard InChI is InChI=1S/C27H32F5N3O3.C2HF3O2/c1-16(27(30,31)32)15-35-11-10-26(17-4-7-22(37-2)23(12-17)38-3)9-8-19(14-24(26)35)34-25(36)33-18-5-6-20(28)21(29)13-18;3-2(4,5)1(6)7/h4-7,12-13,16,19,24H,8-11,14-15H2,1-3H3,(H2,33,34,36);(H,6,7)/t16?,19-,24+,26+;/m1./s1. The van der Waals surface area contributed by atoms with Gasteiger partial charge in [0.05, 0.1) is 20.1 Å². The summed E-state index contributed by atoms with van der Waals surface area (Å²) in [4.78, 5) is 23.4. The summed E-state index contributed by atoms with van der Waals surface area (Å²) in [6.45, 7) is 1.54. The van der Waals surface area contributed by atoms with E-state index < -0.39 is 47.3 Å². The Kier molecular flexibility index (Phi) is 11.2. The number of alkyl halides is 6. The van der Waals surface area contributed by atoms with Gasteiger partial charge in [0.1, 0.15) is 0 Å². The topological polar surface area (TPSA) is 100 Å². The number of carbonyl (C=O) groups excluding carboxylic acids is 1. The second-order valence-corrected chi connectivity index (χ2v) is 10.9. The number of amides is 2. The van der Waals surface area contributed by atoms with Crippen LogP contribution in [0.2, 0.25) is 0 Å². The Morgan fingerprint density at radius 1 is 1.00 bits per heavy atom. The van der Waals surface area contributed by atoms with Crippen molar-refractivity contribution < 1.29 is 59.3 Å². The number of urea groups is 1. The summed E-state index contributed by atoms with van der Waals surface area (Å²) in [6, 6.07) is 7.52. The van der Waals surface area contributed by atoms with Crippen molar-refractivity contribution >= 4 is 17.7 Å². The average Bonchev–Trinajstić information content (AvgIpc) is 3.32. The summed E-state index contributed by atoms with van der Waals surface area (Å²) in [5.74, 6) is -5.26. The number of methoxy groups -OCH3 is 2. The molecule has 250 valence electrons. The molecular formula is C29H33F8N3O5. The molecule has 0 spiro atoms. The molecule has 8 nitrogen and oxygen atoms in total. The molecule has 2 aromatic carbocycles. The lowest BCUT2D eigenvalue weighted by Crippen LogP contribution is -2.54. The number of anilines is 1. The lowest BCUT2D eigenvalue weighted by Gasteiger charge is -2.46. The first-order chi connectivity index (χ1) is 20.9. The van der Waals surface area contributed by atoms with E-state index in [4.69, 9.17) is 19.4 Å². The minimum atomic E-state index is -5.08. The first-order valence-electron chi connectivity index (χ1n) is 13.8. The molecule has 2 aliphatic rings. The normalized spacial score (nSPS) is 22.4. The smallest absolute Gasteiger partial charge is 0.490 e. The third kappa shape index (κ3) is 8.67. The van der Waals surface area contributed by atoms with Crippen LogP contribution in [0.5, 0.6) is 11.5 Å². The summed E-state index contributed by atoms with van der Waals surface area (Å²) in [7, 11) is 3.08. The molecule has 0 bridgehead atoms. The SMILES string of the molecule is COc1ccc([C@@]23CC[C@@H](NC(=O)Nc4ccc(F)c(F)c4)C[C@@H]2N(CC(C)C(F)(F)F)CC3)cc1OC.O=C(O)C(F)(F)F. The van der Waals surface area contributed by atoms with Crippen molar-refractivity contribution in [1.82, 2.24) is 10.2 Å². The van der Waals surface area contributed by atoms with Crippen LogP contribution in [0.25, 0.3) is 0 Å². The van der Waals surface area contributed by atoms with Crippen molar-refractivity contribution in [2.75, 3.05) is 32.6 Å². The Bertz CT molecular complexity index is 1360. The molecule has 0 radical (unpaired) electrons. The number of carbonyl (C=O) groups is 2. The van der Waals surface area contributed by atoms with Crippen LogP contribution in [0, 0.1) is 17.6 Å².